The van der Waals surface area contributed by atoms with Gasteiger partial charge in [0.2, 0.25) is 5.91 Å². The van der Waals surface area contributed by atoms with Crippen molar-refractivity contribution in [2.45, 2.75) is 24.4 Å². The summed E-state index contributed by atoms with van der Waals surface area (Å²) in [5, 5.41) is 4.04. The molecule has 0 fully saturated rings. The van der Waals surface area contributed by atoms with Crippen LogP contribution in [0.4, 0.5) is 0 Å². The van der Waals surface area contributed by atoms with Crippen LogP contribution in [0.1, 0.15) is 24.8 Å². The first-order valence-electron chi connectivity index (χ1n) is 11.2. The molecule has 0 saturated heterocycles. The molecule has 1 aromatic heterocycles. The van der Waals surface area contributed by atoms with E-state index < -0.39 is 0 Å². The number of ether oxygens (including phenoxy) is 1. The molecule has 6 nitrogen and oxygen atoms in total. The van der Waals surface area contributed by atoms with E-state index in [4.69, 9.17) is 9.72 Å². The predicted octanol–water partition coefficient (Wildman–Crippen LogP) is 4.80. The number of hydrogen-bond donors (Lipinski definition) is 1. The maximum absolute atomic E-state index is 13.3. The van der Waals surface area contributed by atoms with Gasteiger partial charge in [-0.05, 0) is 48.4 Å². The highest BCUT2D eigenvalue weighted by Crippen LogP contribution is 2.23. The minimum Gasteiger partial charge on any atom is -0.497 e. The number of nitrogens with one attached hydrogen (secondary N) is 1. The minimum absolute atomic E-state index is 0.0944. The number of thioether (sulfide) groups is 1. The standard InChI is InChI=1S/C27H27N3O3S/c1-3-19(20-9-5-4-6-10-20)17-28-25(31)18-34-27-29-24-12-8-7-11-23(24)26(32)30(27)21-13-15-22(33-2)16-14-21/h4-16,19H,3,17-18H2,1-2H3,(H,28,31)/t19-/m0/s1. The third-order valence-electron chi connectivity index (χ3n) is 5.72. The Labute approximate surface area is 203 Å². The number of nitrogens with zero attached hydrogens (tertiary/aromatic N) is 2. The van der Waals surface area contributed by atoms with E-state index in [1.807, 2.05) is 48.5 Å². The number of carbonyl (C=O) groups excluding carboxylic acids is 1. The summed E-state index contributed by atoms with van der Waals surface area (Å²) in [6.07, 6.45) is 0.931. The van der Waals surface area contributed by atoms with Gasteiger partial charge >= 0.3 is 0 Å². The molecule has 1 atom stereocenters. The lowest BCUT2D eigenvalue weighted by molar-refractivity contribution is -0.118. The van der Waals surface area contributed by atoms with Crippen molar-refractivity contribution >= 4 is 28.6 Å². The van der Waals surface area contributed by atoms with Crippen LogP contribution >= 0.6 is 11.8 Å². The van der Waals surface area contributed by atoms with Crippen molar-refractivity contribution in [3.63, 3.8) is 0 Å². The number of para-hydroxylation sites is 1. The van der Waals surface area contributed by atoms with Crippen molar-refractivity contribution in [3.05, 3.63) is 94.8 Å². The van der Waals surface area contributed by atoms with Crippen molar-refractivity contribution in [1.82, 2.24) is 14.9 Å². The van der Waals surface area contributed by atoms with Gasteiger partial charge in [0.15, 0.2) is 5.16 Å². The Bertz CT molecular complexity index is 1320. The number of fused-ring (bicyclic) bond motifs is 1. The highest BCUT2D eigenvalue weighted by Gasteiger charge is 2.16. The van der Waals surface area contributed by atoms with E-state index in [9.17, 15) is 9.59 Å². The molecule has 4 rings (SSSR count). The van der Waals surface area contributed by atoms with Gasteiger partial charge < -0.3 is 10.1 Å². The Hall–Kier alpha value is -3.58. The van der Waals surface area contributed by atoms with Crippen LogP contribution in [0.25, 0.3) is 16.6 Å². The maximum atomic E-state index is 13.3. The van der Waals surface area contributed by atoms with Crippen molar-refractivity contribution in [2.24, 2.45) is 0 Å². The van der Waals surface area contributed by atoms with Crippen LogP contribution in [-0.2, 0) is 4.79 Å². The number of amides is 1. The van der Waals surface area contributed by atoms with Crippen molar-refractivity contribution in [1.29, 1.82) is 0 Å². The maximum Gasteiger partial charge on any atom is 0.266 e. The van der Waals surface area contributed by atoms with Crippen molar-refractivity contribution in [3.8, 4) is 11.4 Å². The summed E-state index contributed by atoms with van der Waals surface area (Å²) in [4.78, 5) is 30.7. The van der Waals surface area contributed by atoms with Crippen LogP contribution in [0.15, 0.2) is 88.8 Å². The largest absolute Gasteiger partial charge is 0.497 e. The van der Waals surface area contributed by atoms with Gasteiger partial charge in [-0.2, -0.15) is 0 Å². The molecule has 4 aromatic rings. The third kappa shape index (κ3) is 5.31. The van der Waals surface area contributed by atoms with E-state index in [0.717, 1.165) is 6.42 Å². The molecule has 0 spiro atoms. The molecule has 1 amide bonds. The molecule has 3 aromatic carbocycles. The van der Waals surface area contributed by atoms with Gasteiger partial charge in [-0.15, -0.1) is 0 Å². The number of carbonyl (C=O) groups is 1. The number of aromatic nitrogens is 2. The molecule has 0 radical (unpaired) electrons. The Balaban J connectivity index is 1.54. The topological polar surface area (TPSA) is 73.2 Å². The summed E-state index contributed by atoms with van der Waals surface area (Å²) < 4.78 is 6.80. The fourth-order valence-corrected chi connectivity index (χ4v) is 4.65. The summed E-state index contributed by atoms with van der Waals surface area (Å²) in [5.74, 6) is 1.02. The van der Waals surface area contributed by atoms with Crippen molar-refractivity contribution in [2.75, 3.05) is 19.4 Å². The molecule has 34 heavy (non-hydrogen) atoms. The Morgan fingerprint density at radius 1 is 1.03 bits per heavy atom. The number of methoxy groups -OCH3 is 1. The van der Waals surface area contributed by atoms with Gasteiger partial charge in [-0.1, -0.05) is 61.2 Å². The zero-order valence-corrected chi connectivity index (χ0v) is 20.0. The van der Waals surface area contributed by atoms with E-state index >= 15 is 0 Å². The highest BCUT2D eigenvalue weighted by atomic mass is 32.2. The van der Waals surface area contributed by atoms with Gasteiger partial charge in [-0.3, -0.25) is 14.2 Å². The average Bonchev–Trinajstić information content (AvgIpc) is 2.89. The van der Waals surface area contributed by atoms with Crippen LogP contribution < -0.4 is 15.6 Å². The second-order valence-corrected chi connectivity index (χ2v) is 8.80. The van der Waals surface area contributed by atoms with Crippen LogP contribution in [-0.4, -0.2) is 34.9 Å². The Morgan fingerprint density at radius 2 is 1.74 bits per heavy atom. The fourth-order valence-electron chi connectivity index (χ4n) is 3.81. The molecule has 1 heterocycles. The summed E-state index contributed by atoms with van der Waals surface area (Å²) in [6.45, 7) is 2.68. The molecule has 0 aliphatic heterocycles. The molecule has 7 heteroatoms. The minimum atomic E-state index is -0.172. The molecule has 0 aliphatic carbocycles. The zero-order chi connectivity index (χ0) is 23.9. The zero-order valence-electron chi connectivity index (χ0n) is 19.2. The molecule has 1 N–H and O–H groups in total. The lowest BCUT2D eigenvalue weighted by atomic mass is 9.96. The van der Waals surface area contributed by atoms with Gasteiger partial charge in [0.05, 0.1) is 29.5 Å². The molecule has 0 bridgehead atoms. The van der Waals surface area contributed by atoms with E-state index in [-0.39, 0.29) is 23.1 Å². The fraction of sp³-hybridized carbons (Fsp3) is 0.222. The first kappa shape index (κ1) is 23.6. The number of rotatable bonds is 9. The van der Waals surface area contributed by atoms with Crippen LogP contribution in [0.3, 0.4) is 0 Å². The van der Waals surface area contributed by atoms with Crippen LogP contribution in [0.5, 0.6) is 5.75 Å². The van der Waals surface area contributed by atoms with Crippen LogP contribution in [0, 0.1) is 0 Å². The van der Waals surface area contributed by atoms with Gasteiger partial charge in [0.25, 0.3) is 5.56 Å². The monoisotopic (exact) mass is 473 g/mol. The molecule has 0 saturated carbocycles. The average molecular weight is 474 g/mol. The van der Waals surface area contributed by atoms with Crippen LogP contribution in [0.2, 0.25) is 0 Å². The number of hydrogen-bond acceptors (Lipinski definition) is 5. The quantitative estimate of drug-likeness (QED) is 0.279. The first-order valence-corrected chi connectivity index (χ1v) is 12.2. The Kier molecular flexibility index (Phi) is 7.65. The lowest BCUT2D eigenvalue weighted by Gasteiger charge is -2.17. The molecule has 0 unspecified atom stereocenters. The van der Waals surface area contributed by atoms with Gasteiger partial charge in [0.1, 0.15) is 5.75 Å². The SMILES string of the molecule is CC[C@@H](CNC(=O)CSc1nc2ccccc2c(=O)n1-c1ccc(OC)cc1)c1ccccc1. The summed E-state index contributed by atoms with van der Waals surface area (Å²) in [7, 11) is 1.60. The van der Waals surface area contributed by atoms with E-state index in [1.165, 1.54) is 17.3 Å². The van der Waals surface area contributed by atoms with E-state index in [2.05, 4.69) is 24.4 Å². The Morgan fingerprint density at radius 3 is 2.44 bits per heavy atom. The number of benzene rings is 3. The van der Waals surface area contributed by atoms with Gasteiger partial charge in [0, 0.05) is 12.5 Å². The second kappa shape index (κ2) is 11.0. The molecule has 174 valence electrons. The third-order valence-corrected chi connectivity index (χ3v) is 6.66. The smallest absolute Gasteiger partial charge is 0.266 e. The summed E-state index contributed by atoms with van der Waals surface area (Å²) >= 11 is 1.25. The molecule has 0 aliphatic rings. The van der Waals surface area contributed by atoms with E-state index in [1.54, 1.807) is 29.9 Å². The molecular formula is C27H27N3O3S. The first-order chi connectivity index (χ1) is 16.6. The predicted molar refractivity (Wildman–Crippen MR) is 137 cm³/mol. The second-order valence-electron chi connectivity index (χ2n) is 7.86. The molecular weight excluding hydrogens is 446 g/mol. The summed E-state index contributed by atoms with van der Waals surface area (Å²) in [6, 6.07) is 24.7. The highest BCUT2D eigenvalue weighted by molar-refractivity contribution is 7.99. The van der Waals surface area contributed by atoms with Gasteiger partial charge in [-0.25, -0.2) is 4.98 Å². The van der Waals surface area contributed by atoms with Crippen molar-refractivity contribution < 1.29 is 9.53 Å². The lowest BCUT2D eigenvalue weighted by Crippen LogP contribution is -2.30. The normalized spacial score (nSPS) is 11.8. The summed E-state index contributed by atoms with van der Waals surface area (Å²) in [5.41, 5.74) is 2.31. The van der Waals surface area contributed by atoms with E-state index in [0.29, 0.717) is 34.0 Å².